The maximum atomic E-state index is 11.3. The first kappa shape index (κ1) is 16.7. The number of carbonyl (C=O) groups excluding carboxylic acids is 1. The van der Waals surface area contributed by atoms with Crippen LogP contribution in [-0.4, -0.2) is 30.8 Å². The summed E-state index contributed by atoms with van der Waals surface area (Å²) in [4.78, 5) is 11.3. The summed E-state index contributed by atoms with van der Waals surface area (Å²) in [5.41, 5.74) is 3.10. The smallest absolute Gasteiger partial charge is 0.305 e. The third kappa shape index (κ3) is 4.62. The summed E-state index contributed by atoms with van der Waals surface area (Å²) >= 11 is 0. The van der Waals surface area contributed by atoms with Crippen LogP contribution >= 0.6 is 0 Å². The lowest BCUT2D eigenvalue weighted by Gasteiger charge is -2.25. The Morgan fingerprint density at radius 1 is 1.40 bits per heavy atom. The van der Waals surface area contributed by atoms with Crippen LogP contribution in [0.4, 0.5) is 0 Å². The molecule has 0 fully saturated rings. The number of esters is 1. The van der Waals surface area contributed by atoms with Gasteiger partial charge < -0.3 is 15.2 Å². The first-order chi connectivity index (χ1) is 9.49. The summed E-state index contributed by atoms with van der Waals surface area (Å²) in [5.74, 6) is -0.249. The number of hydrogen-bond acceptors (Lipinski definition) is 4. The van der Waals surface area contributed by atoms with E-state index < -0.39 is 6.10 Å². The van der Waals surface area contributed by atoms with Crippen molar-refractivity contribution in [3.63, 3.8) is 0 Å². The van der Waals surface area contributed by atoms with E-state index in [-0.39, 0.29) is 12.0 Å². The van der Waals surface area contributed by atoms with E-state index in [0.29, 0.717) is 12.8 Å². The molecule has 0 radical (unpaired) electrons. The zero-order valence-corrected chi connectivity index (χ0v) is 12.8. The lowest BCUT2D eigenvalue weighted by Crippen LogP contribution is -2.35. The highest BCUT2D eigenvalue weighted by molar-refractivity contribution is 5.69. The van der Waals surface area contributed by atoms with E-state index in [1.807, 2.05) is 39.0 Å². The van der Waals surface area contributed by atoms with Crippen LogP contribution in [-0.2, 0) is 9.53 Å². The molecule has 2 N–H and O–H groups in total. The molecule has 0 bridgehead atoms. The van der Waals surface area contributed by atoms with Crippen molar-refractivity contribution in [1.82, 2.24) is 5.32 Å². The average Bonchev–Trinajstić information content (AvgIpc) is 2.44. The highest BCUT2D eigenvalue weighted by Crippen LogP contribution is 2.24. The maximum Gasteiger partial charge on any atom is 0.305 e. The van der Waals surface area contributed by atoms with Crippen LogP contribution in [0.1, 0.15) is 42.6 Å². The molecule has 0 aromatic heterocycles. The summed E-state index contributed by atoms with van der Waals surface area (Å²) in [6.07, 6.45) is 0.227. The molecule has 0 amide bonds. The molecule has 1 rings (SSSR count). The molecular weight excluding hydrogens is 254 g/mol. The van der Waals surface area contributed by atoms with Crippen LogP contribution in [0.25, 0.3) is 0 Å². The van der Waals surface area contributed by atoms with E-state index in [4.69, 9.17) is 0 Å². The molecule has 4 heteroatoms. The largest absolute Gasteiger partial charge is 0.469 e. The van der Waals surface area contributed by atoms with E-state index in [2.05, 4.69) is 10.1 Å². The number of methoxy groups -OCH3 is 1. The van der Waals surface area contributed by atoms with E-state index in [0.717, 1.165) is 23.2 Å². The Bertz CT molecular complexity index is 445. The van der Waals surface area contributed by atoms with Gasteiger partial charge in [0, 0.05) is 12.5 Å². The number of rotatable bonds is 7. The topological polar surface area (TPSA) is 58.6 Å². The second-order valence-corrected chi connectivity index (χ2v) is 5.08. The summed E-state index contributed by atoms with van der Waals surface area (Å²) in [6.45, 7) is 6.72. The van der Waals surface area contributed by atoms with Gasteiger partial charge in [0.2, 0.25) is 0 Å². The molecule has 2 atom stereocenters. The van der Waals surface area contributed by atoms with Crippen molar-refractivity contribution in [2.75, 3.05) is 13.7 Å². The van der Waals surface area contributed by atoms with Crippen molar-refractivity contribution in [3.8, 4) is 0 Å². The number of aryl methyl sites for hydroxylation is 2. The van der Waals surface area contributed by atoms with Gasteiger partial charge >= 0.3 is 5.97 Å². The monoisotopic (exact) mass is 279 g/mol. The predicted molar refractivity (Wildman–Crippen MR) is 79.6 cm³/mol. The van der Waals surface area contributed by atoms with Gasteiger partial charge in [-0.15, -0.1) is 0 Å². The Hall–Kier alpha value is -1.39. The van der Waals surface area contributed by atoms with Crippen molar-refractivity contribution in [2.24, 2.45) is 0 Å². The van der Waals surface area contributed by atoms with Crippen LogP contribution in [0.15, 0.2) is 18.2 Å². The molecule has 0 heterocycles. The van der Waals surface area contributed by atoms with Crippen molar-refractivity contribution >= 4 is 5.97 Å². The van der Waals surface area contributed by atoms with Crippen LogP contribution in [0.5, 0.6) is 0 Å². The minimum Gasteiger partial charge on any atom is -0.469 e. The van der Waals surface area contributed by atoms with Crippen LogP contribution < -0.4 is 5.32 Å². The molecular formula is C16H25NO3. The Balaban J connectivity index is 2.84. The standard InChI is InChI=1S/C16H25NO3/c1-5-17-14(8-9-15(18)20-4)16(19)13-10-11(2)6-7-12(13)3/h6-7,10,14,16-17,19H,5,8-9H2,1-4H3. The highest BCUT2D eigenvalue weighted by Gasteiger charge is 2.22. The SMILES string of the molecule is CCNC(CCC(=O)OC)C(O)c1cc(C)ccc1C. The fraction of sp³-hybridized carbons (Fsp3) is 0.562. The second-order valence-electron chi connectivity index (χ2n) is 5.08. The highest BCUT2D eigenvalue weighted by atomic mass is 16.5. The summed E-state index contributed by atoms with van der Waals surface area (Å²) in [6, 6.07) is 5.89. The molecule has 0 saturated heterocycles. The molecule has 0 spiro atoms. The molecule has 0 aliphatic carbocycles. The lowest BCUT2D eigenvalue weighted by molar-refractivity contribution is -0.141. The molecule has 1 aromatic carbocycles. The first-order valence-electron chi connectivity index (χ1n) is 7.05. The van der Waals surface area contributed by atoms with E-state index in [9.17, 15) is 9.90 Å². The first-order valence-corrected chi connectivity index (χ1v) is 7.05. The Labute approximate surface area is 121 Å². The van der Waals surface area contributed by atoms with E-state index >= 15 is 0 Å². The summed E-state index contributed by atoms with van der Waals surface area (Å²) in [5, 5.41) is 13.8. The van der Waals surface area contributed by atoms with Crippen molar-refractivity contribution in [2.45, 2.75) is 45.8 Å². The fourth-order valence-corrected chi connectivity index (χ4v) is 2.30. The fourth-order valence-electron chi connectivity index (χ4n) is 2.30. The van der Waals surface area contributed by atoms with E-state index in [1.165, 1.54) is 7.11 Å². The number of aliphatic hydroxyl groups is 1. The number of aliphatic hydroxyl groups excluding tert-OH is 1. The van der Waals surface area contributed by atoms with Gasteiger partial charge in [-0.2, -0.15) is 0 Å². The number of hydrogen-bond donors (Lipinski definition) is 2. The van der Waals surface area contributed by atoms with Gasteiger partial charge in [-0.25, -0.2) is 0 Å². The Morgan fingerprint density at radius 2 is 2.10 bits per heavy atom. The molecule has 0 aliphatic rings. The third-order valence-corrected chi connectivity index (χ3v) is 3.49. The van der Waals surface area contributed by atoms with Crippen LogP contribution in [0.3, 0.4) is 0 Å². The van der Waals surface area contributed by atoms with Crippen molar-refractivity contribution < 1.29 is 14.6 Å². The molecule has 0 aliphatic heterocycles. The minimum absolute atomic E-state index is 0.153. The van der Waals surface area contributed by atoms with Crippen LogP contribution in [0, 0.1) is 13.8 Å². The molecule has 20 heavy (non-hydrogen) atoms. The molecule has 112 valence electrons. The predicted octanol–water partition coefficient (Wildman–Crippen LogP) is 2.27. The van der Waals surface area contributed by atoms with Crippen molar-refractivity contribution in [3.05, 3.63) is 34.9 Å². The Kier molecular flexibility index (Phi) is 6.68. The van der Waals surface area contributed by atoms with Gasteiger partial charge in [0.1, 0.15) is 0 Å². The van der Waals surface area contributed by atoms with Gasteiger partial charge in [0.25, 0.3) is 0 Å². The minimum atomic E-state index is -0.625. The number of likely N-dealkylation sites (N-methyl/N-ethyl adjacent to an activating group) is 1. The second kappa shape index (κ2) is 8.02. The summed E-state index contributed by atoms with van der Waals surface area (Å²) < 4.78 is 4.66. The molecule has 1 aromatic rings. The van der Waals surface area contributed by atoms with Gasteiger partial charge in [-0.05, 0) is 37.9 Å². The maximum absolute atomic E-state index is 11.3. The molecule has 0 saturated carbocycles. The zero-order chi connectivity index (χ0) is 15.1. The zero-order valence-electron chi connectivity index (χ0n) is 12.8. The molecule has 4 nitrogen and oxygen atoms in total. The van der Waals surface area contributed by atoms with E-state index in [1.54, 1.807) is 0 Å². The van der Waals surface area contributed by atoms with Gasteiger partial charge in [0.15, 0.2) is 0 Å². The van der Waals surface area contributed by atoms with Crippen molar-refractivity contribution in [1.29, 1.82) is 0 Å². The lowest BCUT2D eigenvalue weighted by atomic mass is 9.93. The normalized spacial score (nSPS) is 13.8. The third-order valence-electron chi connectivity index (χ3n) is 3.49. The molecule has 2 unspecified atom stereocenters. The number of nitrogens with one attached hydrogen (secondary N) is 1. The van der Waals surface area contributed by atoms with Gasteiger partial charge in [-0.3, -0.25) is 4.79 Å². The number of ether oxygens (including phenoxy) is 1. The van der Waals surface area contributed by atoms with Gasteiger partial charge in [0.05, 0.1) is 13.2 Å². The number of carbonyl (C=O) groups is 1. The Morgan fingerprint density at radius 3 is 2.70 bits per heavy atom. The summed E-state index contributed by atoms with van der Waals surface area (Å²) in [7, 11) is 1.38. The van der Waals surface area contributed by atoms with Gasteiger partial charge in [-0.1, -0.05) is 30.7 Å². The average molecular weight is 279 g/mol. The van der Waals surface area contributed by atoms with Crippen LogP contribution in [0.2, 0.25) is 0 Å². The number of benzene rings is 1. The quantitative estimate of drug-likeness (QED) is 0.752.